The molecular formula is C22H24N2O5. The van der Waals surface area contributed by atoms with E-state index in [0.717, 1.165) is 5.69 Å². The number of allylic oxidation sites excluding steroid dienone is 2. The van der Waals surface area contributed by atoms with Gasteiger partial charge in [0.25, 0.3) is 0 Å². The van der Waals surface area contributed by atoms with Gasteiger partial charge in [0.1, 0.15) is 0 Å². The normalized spacial score (nSPS) is 11.1. The van der Waals surface area contributed by atoms with E-state index in [1.54, 1.807) is 74.3 Å². The van der Waals surface area contributed by atoms with Crippen LogP contribution in [0.1, 0.15) is 19.4 Å². The molecule has 0 saturated heterocycles. The van der Waals surface area contributed by atoms with Gasteiger partial charge in [-0.2, -0.15) is 4.57 Å². The Kier molecular flexibility index (Phi) is 7.97. The van der Waals surface area contributed by atoms with Crippen LogP contribution in [0.5, 0.6) is 0 Å². The van der Waals surface area contributed by atoms with Crippen molar-refractivity contribution in [2.24, 2.45) is 0 Å². The summed E-state index contributed by atoms with van der Waals surface area (Å²) in [5.41, 5.74) is 0.904. The van der Waals surface area contributed by atoms with Crippen LogP contribution in [0.4, 0.5) is 5.69 Å². The molecule has 0 fully saturated rings. The molecule has 0 aliphatic heterocycles. The second-order valence-corrected chi connectivity index (χ2v) is 5.83. The zero-order valence-corrected chi connectivity index (χ0v) is 16.7. The molecule has 7 nitrogen and oxygen atoms in total. The van der Waals surface area contributed by atoms with Crippen LogP contribution in [0.2, 0.25) is 0 Å². The summed E-state index contributed by atoms with van der Waals surface area (Å²) in [7, 11) is 1.75. The fourth-order valence-corrected chi connectivity index (χ4v) is 2.52. The van der Waals surface area contributed by atoms with Crippen molar-refractivity contribution in [2.75, 3.05) is 25.6 Å². The zero-order valence-electron chi connectivity index (χ0n) is 16.7. The van der Waals surface area contributed by atoms with Crippen LogP contribution in [0.15, 0.2) is 66.5 Å². The van der Waals surface area contributed by atoms with Crippen LogP contribution in [-0.4, -0.2) is 32.2 Å². The van der Waals surface area contributed by atoms with E-state index >= 15 is 0 Å². The van der Waals surface area contributed by atoms with Crippen molar-refractivity contribution in [3.63, 3.8) is 0 Å². The second-order valence-electron chi connectivity index (χ2n) is 5.83. The molecule has 0 aliphatic rings. The molecule has 2 rings (SSSR count). The molecule has 0 atom stereocenters. The molecular weight excluding hydrogens is 372 g/mol. The van der Waals surface area contributed by atoms with E-state index in [1.165, 1.54) is 6.08 Å². The first-order valence-corrected chi connectivity index (χ1v) is 9.23. The molecule has 29 heavy (non-hydrogen) atoms. The predicted molar refractivity (Wildman–Crippen MR) is 107 cm³/mol. The van der Waals surface area contributed by atoms with Crippen LogP contribution in [0.25, 0.3) is 11.5 Å². The standard InChI is InChI=1S/C22H24N2O5/c1-4-28-21(26)18(22(27)29-5-2)14-19(20(25)16-10-7-6-8-11-16)24-13-9-12-17(15-24)23-3/h6-15,23H,4-5H2,1-3H3. The van der Waals surface area contributed by atoms with E-state index in [0.29, 0.717) is 5.56 Å². The first-order valence-electron chi connectivity index (χ1n) is 9.23. The van der Waals surface area contributed by atoms with Gasteiger partial charge in [-0.1, -0.05) is 30.3 Å². The molecule has 1 heterocycles. The van der Waals surface area contributed by atoms with E-state index in [4.69, 9.17) is 9.47 Å². The summed E-state index contributed by atoms with van der Waals surface area (Å²) in [5.74, 6) is -2.07. The minimum atomic E-state index is -0.852. The Morgan fingerprint density at radius 2 is 1.66 bits per heavy atom. The number of nitrogens with zero attached hydrogens (tertiary/aromatic N) is 1. The maximum Gasteiger partial charge on any atom is 0.345 e. The predicted octanol–water partition coefficient (Wildman–Crippen LogP) is 1.75. The number of aromatic nitrogens is 1. The SMILES string of the molecule is CCOC(=O)C(=C/C(=C(\[O-])c1ccccc1)[n+]1cccc(NC)c1)C(=O)OCC. The quantitative estimate of drug-likeness (QED) is 0.139. The van der Waals surface area contributed by atoms with Crippen LogP contribution in [-0.2, 0) is 19.1 Å². The maximum absolute atomic E-state index is 13.2. The molecule has 0 spiro atoms. The van der Waals surface area contributed by atoms with Gasteiger partial charge in [-0.3, -0.25) is 0 Å². The lowest BCUT2D eigenvalue weighted by Gasteiger charge is -2.14. The second kappa shape index (κ2) is 10.7. The molecule has 0 unspecified atom stereocenters. The van der Waals surface area contributed by atoms with Gasteiger partial charge in [0.2, 0.25) is 5.70 Å². The molecule has 0 amide bonds. The van der Waals surface area contributed by atoms with Crippen molar-refractivity contribution in [1.82, 2.24) is 0 Å². The molecule has 0 saturated carbocycles. The van der Waals surface area contributed by atoms with Crippen molar-refractivity contribution in [1.29, 1.82) is 0 Å². The first kappa shape index (κ1) is 21.7. The number of carbonyl (C=O) groups excluding carboxylic acids is 2. The average molecular weight is 396 g/mol. The van der Waals surface area contributed by atoms with E-state index in [9.17, 15) is 14.7 Å². The number of benzene rings is 1. The minimum absolute atomic E-state index is 0.0833. The lowest BCUT2D eigenvalue weighted by molar-refractivity contribution is -0.579. The van der Waals surface area contributed by atoms with Gasteiger partial charge in [0.15, 0.2) is 18.0 Å². The van der Waals surface area contributed by atoms with Crippen LogP contribution in [0.3, 0.4) is 0 Å². The molecule has 7 heteroatoms. The number of anilines is 1. The van der Waals surface area contributed by atoms with Gasteiger partial charge in [-0.15, -0.1) is 0 Å². The number of ether oxygens (including phenoxy) is 2. The Morgan fingerprint density at radius 1 is 1.03 bits per heavy atom. The molecule has 0 bridgehead atoms. The van der Waals surface area contributed by atoms with E-state index in [1.807, 2.05) is 6.07 Å². The molecule has 1 aromatic carbocycles. The molecule has 1 N–H and O–H groups in total. The van der Waals surface area contributed by atoms with Gasteiger partial charge in [0, 0.05) is 19.2 Å². The third-order valence-electron chi connectivity index (χ3n) is 3.91. The number of hydrogen-bond acceptors (Lipinski definition) is 6. The smallest absolute Gasteiger partial charge is 0.345 e. The lowest BCUT2D eigenvalue weighted by Crippen LogP contribution is -2.34. The number of carbonyl (C=O) groups is 2. The summed E-state index contributed by atoms with van der Waals surface area (Å²) in [6.07, 6.45) is 4.55. The highest BCUT2D eigenvalue weighted by Crippen LogP contribution is 2.17. The number of nitrogens with one attached hydrogen (secondary N) is 1. The van der Waals surface area contributed by atoms with E-state index in [2.05, 4.69) is 5.32 Å². The third kappa shape index (κ3) is 5.68. The lowest BCUT2D eigenvalue weighted by atomic mass is 10.1. The van der Waals surface area contributed by atoms with Gasteiger partial charge in [-0.25, -0.2) is 9.59 Å². The summed E-state index contributed by atoms with van der Waals surface area (Å²) < 4.78 is 11.5. The van der Waals surface area contributed by atoms with Crippen molar-refractivity contribution < 1.29 is 28.7 Å². The zero-order chi connectivity index (χ0) is 21.2. The largest absolute Gasteiger partial charge is 0.868 e. The fraction of sp³-hybridized carbons (Fsp3) is 0.227. The Labute approximate surface area is 169 Å². The summed E-state index contributed by atoms with van der Waals surface area (Å²) >= 11 is 0. The highest BCUT2D eigenvalue weighted by atomic mass is 16.6. The summed E-state index contributed by atoms with van der Waals surface area (Å²) in [6.45, 7) is 3.43. The van der Waals surface area contributed by atoms with Crippen molar-refractivity contribution >= 4 is 29.1 Å². The highest BCUT2D eigenvalue weighted by Gasteiger charge is 2.24. The maximum atomic E-state index is 13.2. The molecule has 0 radical (unpaired) electrons. The topological polar surface area (TPSA) is 91.6 Å². The monoisotopic (exact) mass is 396 g/mol. The molecule has 1 aromatic heterocycles. The van der Waals surface area contributed by atoms with Gasteiger partial charge >= 0.3 is 11.9 Å². The summed E-state index contributed by atoms with van der Waals surface area (Å²) in [5, 5.41) is 16.2. The summed E-state index contributed by atoms with van der Waals surface area (Å²) in [6, 6.07) is 12.2. The van der Waals surface area contributed by atoms with Gasteiger partial charge in [0.05, 0.1) is 18.9 Å². The first-order chi connectivity index (χ1) is 14.0. The van der Waals surface area contributed by atoms with Crippen molar-refractivity contribution in [3.8, 4) is 0 Å². The van der Waals surface area contributed by atoms with Crippen LogP contribution >= 0.6 is 0 Å². The highest BCUT2D eigenvalue weighted by molar-refractivity contribution is 6.15. The van der Waals surface area contributed by atoms with E-state index in [-0.39, 0.29) is 30.2 Å². The van der Waals surface area contributed by atoms with Crippen molar-refractivity contribution in [2.45, 2.75) is 13.8 Å². The molecule has 0 aliphatic carbocycles. The van der Waals surface area contributed by atoms with Gasteiger partial charge in [-0.05, 0) is 31.2 Å². The number of esters is 2. The van der Waals surface area contributed by atoms with Crippen LogP contribution in [0, 0.1) is 0 Å². The Morgan fingerprint density at radius 3 is 2.21 bits per heavy atom. The number of hydrogen-bond donors (Lipinski definition) is 1. The number of pyridine rings is 1. The van der Waals surface area contributed by atoms with Gasteiger partial charge < -0.3 is 19.9 Å². The third-order valence-corrected chi connectivity index (χ3v) is 3.91. The summed E-state index contributed by atoms with van der Waals surface area (Å²) in [4.78, 5) is 24.7. The van der Waals surface area contributed by atoms with E-state index < -0.39 is 11.9 Å². The Bertz CT molecular complexity index is 900. The number of rotatable bonds is 8. The average Bonchev–Trinajstić information content (AvgIpc) is 2.75. The van der Waals surface area contributed by atoms with Crippen molar-refractivity contribution in [3.05, 3.63) is 72.1 Å². The van der Waals surface area contributed by atoms with Crippen LogP contribution < -0.4 is 15.0 Å². The minimum Gasteiger partial charge on any atom is -0.868 e. The fourth-order valence-electron chi connectivity index (χ4n) is 2.52. The molecule has 152 valence electrons. The Hall–Kier alpha value is -3.61. The Balaban J connectivity index is 2.71. The molecule has 2 aromatic rings.